The summed E-state index contributed by atoms with van der Waals surface area (Å²) in [5.41, 5.74) is 0.230. The second kappa shape index (κ2) is 3.49. The molecule has 0 aromatic heterocycles. The lowest BCUT2D eigenvalue weighted by atomic mass is 10.1. The van der Waals surface area contributed by atoms with Crippen LogP contribution in [-0.2, 0) is 0 Å². The van der Waals surface area contributed by atoms with Crippen molar-refractivity contribution in [3.8, 4) is 0 Å². The second-order valence-electron chi connectivity index (χ2n) is 2.47. The number of aliphatic hydroxyl groups excluding tert-OH is 1. The smallest absolute Gasteiger partial charge is 0.140 e. The van der Waals surface area contributed by atoms with Crippen LogP contribution < -0.4 is 0 Å². The summed E-state index contributed by atoms with van der Waals surface area (Å²) in [4.78, 5) is 0. The molecule has 4 heteroatoms. The molecule has 0 amide bonds. The van der Waals surface area contributed by atoms with Crippen molar-refractivity contribution in [3.63, 3.8) is 0 Å². The minimum atomic E-state index is -0.859. The fourth-order valence-corrected chi connectivity index (χ4v) is 1.05. The van der Waals surface area contributed by atoms with E-state index in [9.17, 15) is 8.78 Å². The normalized spacial score (nSPS) is 13.1. The van der Waals surface area contributed by atoms with Gasteiger partial charge in [0.15, 0.2) is 0 Å². The van der Waals surface area contributed by atoms with E-state index in [1.54, 1.807) is 0 Å². The van der Waals surface area contributed by atoms with E-state index in [1.807, 2.05) is 0 Å². The maximum absolute atomic E-state index is 12.8. The average Bonchev–Trinajstić information content (AvgIpc) is 1.99. The summed E-state index contributed by atoms with van der Waals surface area (Å²) in [6.07, 6.45) is -0.859. The van der Waals surface area contributed by atoms with E-state index in [0.717, 1.165) is 12.1 Å². The Labute approximate surface area is 77.2 Å². The van der Waals surface area contributed by atoms with Gasteiger partial charge in [0.25, 0.3) is 0 Å². The highest BCUT2D eigenvalue weighted by molar-refractivity contribution is 9.10. The molecule has 0 aliphatic heterocycles. The molecule has 0 saturated heterocycles. The largest absolute Gasteiger partial charge is 0.389 e. The third kappa shape index (κ3) is 1.81. The average molecular weight is 237 g/mol. The van der Waals surface area contributed by atoms with Gasteiger partial charge in [-0.3, -0.25) is 0 Å². The zero-order chi connectivity index (χ0) is 9.30. The van der Waals surface area contributed by atoms with Gasteiger partial charge in [-0.05, 0) is 40.5 Å². The predicted octanol–water partition coefficient (Wildman–Crippen LogP) is 2.78. The van der Waals surface area contributed by atoms with Crippen LogP contribution >= 0.6 is 15.9 Å². The number of halogens is 3. The van der Waals surface area contributed by atoms with Crippen molar-refractivity contribution in [2.75, 3.05) is 0 Å². The zero-order valence-corrected chi connectivity index (χ0v) is 7.90. The van der Waals surface area contributed by atoms with Gasteiger partial charge >= 0.3 is 0 Å². The van der Waals surface area contributed by atoms with Crippen LogP contribution in [0.1, 0.15) is 18.6 Å². The van der Waals surface area contributed by atoms with Gasteiger partial charge in [0.1, 0.15) is 11.6 Å². The summed E-state index contributed by atoms with van der Waals surface area (Å²) in [6.45, 7) is 1.45. The number of benzene rings is 1. The molecule has 1 N–H and O–H groups in total. The molecule has 0 bridgehead atoms. The monoisotopic (exact) mass is 236 g/mol. The van der Waals surface area contributed by atoms with Crippen molar-refractivity contribution in [2.45, 2.75) is 13.0 Å². The van der Waals surface area contributed by atoms with E-state index >= 15 is 0 Å². The molecular formula is C8H7BrF2O. The fraction of sp³-hybridized carbons (Fsp3) is 0.250. The molecule has 1 rings (SSSR count). The zero-order valence-electron chi connectivity index (χ0n) is 6.31. The molecule has 0 spiro atoms. The summed E-state index contributed by atoms with van der Waals surface area (Å²) in [6, 6.07) is 2.19. The lowest BCUT2D eigenvalue weighted by molar-refractivity contribution is 0.198. The Kier molecular flexibility index (Phi) is 2.80. The Bertz CT molecular complexity index is 276. The van der Waals surface area contributed by atoms with Gasteiger partial charge in [0.2, 0.25) is 0 Å². The van der Waals surface area contributed by atoms with Gasteiger partial charge in [0, 0.05) is 0 Å². The van der Waals surface area contributed by atoms with Crippen LogP contribution in [0.2, 0.25) is 0 Å². The van der Waals surface area contributed by atoms with Crippen molar-refractivity contribution in [3.05, 3.63) is 33.8 Å². The first-order valence-electron chi connectivity index (χ1n) is 3.35. The third-order valence-corrected chi connectivity index (χ3v) is 2.25. The molecule has 12 heavy (non-hydrogen) atoms. The van der Waals surface area contributed by atoms with Gasteiger partial charge < -0.3 is 5.11 Å². The topological polar surface area (TPSA) is 20.2 Å². The summed E-state index contributed by atoms with van der Waals surface area (Å²) in [5.74, 6) is -1.41. The minimum absolute atomic E-state index is 0.202. The molecule has 1 aromatic carbocycles. The standard InChI is InChI=1S/C8H7BrF2O/c1-4(12)5-2-6(10)8(9)7(11)3-5/h2-4,12H,1H3. The maximum atomic E-state index is 12.8. The van der Waals surface area contributed by atoms with Crippen LogP contribution in [0.25, 0.3) is 0 Å². The van der Waals surface area contributed by atoms with Gasteiger partial charge in [-0.1, -0.05) is 0 Å². The summed E-state index contributed by atoms with van der Waals surface area (Å²) >= 11 is 2.73. The first kappa shape index (κ1) is 9.61. The molecule has 66 valence electrons. The molecule has 1 unspecified atom stereocenters. The van der Waals surface area contributed by atoms with Crippen molar-refractivity contribution in [1.82, 2.24) is 0 Å². The van der Waals surface area contributed by atoms with E-state index in [0.29, 0.717) is 0 Å². The fourth-order valence-electron chi connectivity index (χ4n) is 0.816. The maximum Gasteiger partial charge on any atom is 0.140 e. The molecule has 0 aliphatic rings. The highest BCUT2D eigenvalue weighted by Gasteiger charge is 2.10. The van der Waals surface area contributed by atoms with Crippen molar-refractivity contribution >= 4 is 15.9 Å². The Morgan fingerprint density at radius 2 is 1.75 bits per heavy atom. The second-order valence-corrected chi connectivity index (χ2v) is 3.27. The van der Waals surface area contributed by atoms with Gasteiger partial charge in [-0.15, -0.1) is 0 Å². The van der Waals surface area contributed by atoms with Crippen molar-refractivity contribution in [2.24, 2.45) is 0 Å². The first-order valence-corrected chi connectivity index (χ1v) is 4.14. The van der Waals surface area contributed by atoms with Crippen molar-refractivity contribution in [1.29, 1.82) is 0 Å². The van der Waals surface area contributed by atoms with Crippen LogP contribution in [0.15, 0.2) is 16.6 Å². The Hall–Kier alpha value is -0.480. The van der Waals surface area contributed by atoms with Crippen LogP contribution in [0.5, 0.6) is 0 Å². The molecule has 0 radical (unpaired) electrons. The SMILES string of the molecule is CC(O)c1cc(F)c(Br)c(F)c1. The first-order chi connectivity index (χ1) is 5.52. The van der Waals surface area contributed by atoms with Crippen LogP contribution in [-0.4, -0.2) is 5.11 Å². The highest BCUT2D eigenvalue weighted by Crippen LogP contribution is 2.23. The van der Waals surface area contributed by atoms with E-state index in [1.165, 1.54) is 6.92 Å². The summed E-state index contributed by atoms with van der Waals surface area (Å²) < 4.78 is 25.4. The molecule has 0 aliphatic carbocycles. The number of hydrogen-bond acceptors (Lipinski definition) is 1. The Morgan fingerprint density at radius 3 is 2.08 bits per heavy atom. The van der Waals surface area contributed by atoms with E-state index in [-0.39, 0.29) is 10.0 Å². The van der Waals surface area contributed by atoms with Crippen LogP contribution in [0, 0.1) is 11.6 Å². The van der Waals surface area contributed by atoms with E-state index in [4.69, 9.17) is 5.11 Å². The van der Waals surface area contributed by atoms with Gasteiger partial charge in [-0.2, -0.15) is 0 Å². The quantitative estimate of drug-likeness (QED) is 0.744. The lowest BCUT2D eigenvalue weighted by Gasteiger charge is -2.05. The number of aliphatic hydroxyl groups is 1. The van der Waals surface area contributed by atoms with Crippen LogP contribution in [0.3, 0.4) is 0 Å². The number of hydrogen-bond donors (Lipinski definition) is 1. The molecule has 1 nitrogen and oxygen atoms in total. The van der Waals surface area contributed by atoms with Gasteiger partial charge in [0.05, 0.1) is 10.6 Å². The molecule has 1 atom stereocenters. The molecule has 0 fully saturated rings. The summed E-state index contributed by atoms with van der Waals surface area (Å²) in [5, 5.41) is 9.01. The summed E-state index contributed by atoms with van der Waals surface area (Å²) in [7, 11) is 0. The van der Waals surface area contributed by atoms with Crippen molar-refractivity contribution < 1.29 is 13.9 Å². The van der Waals surface area contributed by atoms with E-state index < -0.39 is 17.7 Å². The molecule has 0 saturated carbocycles. The molecule has 0 heterocycles. The van der Waals surface area contributed by atoms with E-state index in [2.05, 4.69) is 15.9 Å². The van der Waals surface area contributed by atoms with Gasteiger partial charge in [-0.25, -0.2) is 8.78 Å². The Morgan fingerprint density at radius 1 is 1.33 bits per heavy atom. The number of rotatable bonds is 1. The third-order valence-electron chi connectivity index (χ3n) is 1.49. The highest BCUT2D eigenvalue weighted by atomic mass is 79.9. The molecule has 1 aromatic rings. The molecular weight excluding hydrogens is 230 g/mol. The van der Waals surface area contributed by atoms with Crippen LogP contribution in [0.4, 0.5) is 8.78 Å². The Balaban J connectivity index is 3.21. The minimum Gasteiger partial charge on any atom is -0.389 e. The predicted molar refractivity (Wildman–Crippen MR) is 44.7 cm³/mol. The lowest BCUT2D eigenvalue weighted by Crippen LogP contribution is -1.95.